The van der Waals surface area contributed by atoms with Gasteiger partial charge in [0.05, 0.1) is 11.2 Å². The second kappa shape index (κ2) is 6.28. The number of nitrogens with zero attached hydrogens (tertiary/aromatic N) is 3. The number of hydrogen-bond acceptors (Lipinski definition) is 4. The number of rotatable bonds is 4. The summed E-state index contributed by atoms with van der Waals surface area (Å²) in [5.41, 5.74) is 2.94. The average molecular weight is 349 g/mol. The molecule has 1 N–H and O–H groups in total. The Balaban J connectivity index is 1.69. The lowest BCUT2D eigenvalue weighted by Crippen LogP contribution is -2.29. The van der Waals surface area contributed by atoms with Crippen molar-refractivity contribution in [2.45, 2.75) is 26.3 Å². The molecule has 112 valence electrons. The number of nitrogens with one attached hydrogen (secondary N) is 1. The van der Waals surface area contributed by atoms with Crippen LogP contribution in [0, 0.1) is 5.92 Å². The third-order valence-corrected chi connectivity index (χ3v) is 4.61. The van der Waals surface area contributed by atoms with E-state index in [4.69, 9.17) is 0 Å². The topological polar surface area (TPSA) is 41.0 Å². The zero-order valence-corrected chi connectivity index (χ0v) is 14.1. The van der Waals surface area contributed by atoms with Crippen molar-refractivity contribution < 1.29 is 0 Å². The minimum atomic E-state index is 0.649. The Morgan fingerprint density at radius 2 is 2.29 bits per heavy atom. The van der Waals surface area contributed by atoms with Gasteiger partial charge in [-0.05, 0) is 60.8 Å². The summed E-state index contributed by atoms with van der Waals surface area (Å²) in [6, 6.07) is 4.66. The van der Waals surface area contributed by atoms with Crippen molar-refractivity contribution in [3.63, 3.8) is 0 Å². The first-order valence-corrected chi connectivity index (χ1v) is 8.31. The third kappa shape index (κ3) is 3.35. The fourth-order valence-electron chi connectivity index (χ4n) is 2.90. The molecule has 1 fully saturated rings. The summed E-state index contributed by atoms with van der Waals surface area (Å²) in [7, 11) is 0. The lowest BCUT2D eigenvalue weighted by atomic mass is 10.1. The molecule has 2 aromatic heterocycles. The molecule has 3 rings (SSSR count). The summed E-state index contributed by atoms with van der Waals surface area (Å²) in [4.78, 5) is 11.4. The molecule has 0 aromatic carbocycles. The van der Waals surface area contributed by atoms with Crippen LogP contribution >= 0.6 is 15.9 Å². The summed E-state index contributed by atoms with van der Waals surface area (Å²) < 4.78 is 0.961. The summed E-state index contributed by atoms with van der Waals surface area (Å²) >= 11 is 3.44. The van der Waals surface area contributed by atoms with Crippen LogP contribution in [0.3, 0.4) is 0 Å². The van der Waals surface area contributed by atoms with Crippen LogP contribution in [0.4, 0.5) is 5.69 Å². The summed E-state index contributed by atoms with van der Waals surface area (Å²) in [5, 5.41) is 3.56. The standard InChI is InChI=1S/C16H21BrN4/c1-11(2)21-6-4-12(10-21)8-19-14-3-5-18-15-7-13(17)9-20-16(14)15/h3,5,7,9,11-12H,4,6,8,10H2,1-2H3,(H,18,19). The van der Waals surface area contributed by atoms with Gasteiger partial charge in [0.15, 0.2) is 0 Å². The molecule has 0 saturated carbocycles. The molecule has 0 bridgehead atoms. The Labute approximate surface area is 134 Å². The van der Waals surface area contributed by atoms with Gasteiger partial charge >= 0.3 is 0 Å². The molecule has 2 aromatic rings. The maximum Gasteiger partial charge on any atom is 0.112 e. The van der Waals surface area contributed by atoms with E-state index >= 15 is 0 Å². The minimum absolute atomic E-state index is 0.649. The molecular weight excluding hydrogens is 328 g/mol. The number of anilines is 1. The largest absolute Gasteiger partial charge is 0.383 e. The molecule has 1 saturated heterocycles. The lowest BCUT2D eigenvalue weighted by molar-refractivity contribution is 0.266. The highest BCUT2D eigenvalue weighted by molar-refractivity contribution is 9.10. The van der Waals surface area contributed by atoms with E-state index in [2.05, 4.69) is 50.0 Å². The number of hydrogen-bond donors (Lipinski definition) is 1. The van der Waals surface area contributed by atoms with Gasteiger partial charge in [-0.25, -0.2) is 0 Å². The van der Waals surface area contributed by atoms with E-state index in [1.54, 1.807) is 0 Å². The Bertz CT molecular complexity index is 629. The van der Waals surface area contributed by atoms with Crippen molar-refractivity contribution in [1.29, 1.82) is 0 Å². The summed E-state index contributed by atoms with van der Waals surface area (Å²) in [6.45, 7) is 7.95. The minimum Gasteiger partial charge on any atom is -0.383 e. The summed E-state index contributed by atoms with van der Waals surface area (Å²) in [6.07, 6.45) is 4.94. The Morgan fingerprint density at radius 1 is 1.43 bits per heavy atom. The van der Waals surface area contributed by atoms with E-state index < -0.39 is 0 Å². The number of aromatic nitrogens is 2. The van der Waals surface area contributed by atoms with E-state index in [1.807, 2.05) is 24.5 Å². The van der Waals surface area contributed by atoms with Crippen LogP contribution in [0.25, 0.3) is 11.0 Å². The van der Waals surface area contributed by atoms with Crippen LogP contribution in [-0.2, 0) is 0 Å². The Morgan fingerprint density at radius 3 is 3.05 bits per heavy atom. The van der Waals surface area contributed by atoms with E-state index in [1.165, 1.54) is 19.5 Å². The average Bonchev–Trinajstić information content (AvgIpc) is 2.93. The second-order valence-corrected chi connectivity index (χ2v) is 6.92. The van der Waals surface area contributed by atoms with Crippen molar-refractivity contribution in [3.05, 3.63) is 29.0 Å². The monoisotopic (exact) mass is 348 g/mol. The maximum atomic E-state index is 4.49. The van der Waals surface area contributed by atoms with Crippen molar-refractivity contribution in [3.8, 4) is 0 Å². The van der Waals surface area contributed by atoms with Gasteiger partial charge in [-0.2, -0.15) is 0 Å². The molecule has 0 spiro atoms. The first-order valence-electron chi connectivity index (χ1n) is 7.51. The van der Waals surface area contributed by atoms with Crippen LogP contribution in [0.15, 0.2) is 29.0 Å². The Hall–Kier alpha value is -1.20. The first kappa shape index (κ1) is 14.7. The van der Waals surface area contributed by atoms with Gasteiger partial charge in [-0.1, -0.05) is 0 Å². The number of fused-ring (bicyclic) bond motifs is 1. The number of pyridine rings is 2. The first-order chi connectivity index (χ1) is 10.1. The quantitative estimate of drug-likeness (QED) is 0.917. The predicted octanol–water partition coefficient (Wildman–Crippen LogP) is 3.53. The zero-order valence-electron chi connectivity index (χ0n) is 12.5. The normalized spacial score (nSPS) is 19.5. The molecule has 3 heterocycles. The molecule has 1 aliphatic heterocycles. The third-order valence-electron chi connectivity index (χ3n) is 4.17. The highest BCUT2D eigenvalue weighted by atomic mass is 79.9. The van der Waals surface area contributed by atoms with Crippen LogP contribution in [0.2, 0.25) is 0 Å². The van der Waals surface area contributed by atoms with Crippen LogP contribution in [0.5, 0.6) is 0 Å². The second-order valence-electron chi connectivity index (χ2n) is 6.00. The van der Waals surface area contributed by atoms with Gasteiger partial charge in [0.2, 0.25) is 0 Å². The predicted molar refractivity (Wildman–Crippen MR) is 90.5 cm³/mol. The molecule has 0 radical (unpaired) electrons. The highest BCUT2D eigenvalue weighted by Gasteiger charge is 2.23. The van der Waals surface area contributed by atoms with Gasteiger partial charge in [-0.15, -0.1) is 0 Å². The fourth-order valence-corrected chi connectivity index (χ4v) is 3.22. The molecule has 0 amide bonds. The van der Waals surface area contributed by atoms with Crippen molar-refractivity contribution in [2.75, 3.05) is 25.0 Å². The van der Waals surface area contributed by atoms with Crippen LogP contribution in [-0.4, -0.2) is 40.5 Å². The van der Waals surface area contributed by atoms with E-state index in [0.29, 0.717) is 12.0 Å². The van der Waals surface area contributed by atoms with Gasteiger partial charge < -0.3 is 10.2 Å². The fraction of sp³-hybridized carbons (Fsp3) is 0.500. The van der Waals surface area contributed by atoms with Crippen molar-refractivity contribution in [1.82, 2.24) is 14.9 Å². The molecular formula is C16H21BrN4. The Kier molecular flexibility index (Phi) is 4.40. The van der Waals surface area contributed by atoms with E-state index in [0.717, 1.165) is 27.7 Å². The smallest absolute Gasteiger partial charge is 0.112 e. The van der Waals surface area contributed by atoms with Gasteiger partial charge in [-0.3, -0.25) is 9.97 Å². The zero-order chi connectivity index (χ0) is 14.8. The highest BCUT2D eigenvalue weighted by Crippen LogP contribution is 2.24. The van der Waals surface area contributed by atoms with E-state index in [-0.39, 0.29) is 0 Å². The SMILES string of the molecule is CC(C)N1CCC(CNc2ccnc3cc(Br)cnc23)C1. The molecule has 5 heteroatoms. The van der Waals surface area contributed by atoms with Crippen LogP contribution < -0.4 is 5.32 Å². The lowest BCUT2D eigenvalue weighted by Gasteiger charge is -2.20. The summed E-state index contributed by atoms with van der Waals surface area (Å²) in [5.74, 6) is 0.714. The van der Waals surface area contributed by atoms with Crippen molar-refractivity contribution >= 4 is 32.7 Å². The number of halogens is 1. The van der Waals surface area contributed by atoms with Crippen LogP contribution in [0.1, 0.15) is 20.3 Å². The van der Waals surface area contributed by atoms with Crippen molar-refractivity contribution in [2.24, 2.45) is 5.92 Å². The van der Waals surface area contributed by atoms with Gasteiger partial charge in [0.1, 0.15) is 5.52 Å². The maximum absolute atomic E-state index is 4.49. The molecule has 0 aliphatic carbocycles. The molecule has 4 nitrogen and oxygen atoms in total. The number of likely N-dealkylation sites (tertiary alicyclic amines) is 1. The molecule has 1 unspecified atom stereocenters. The molecule has 1 aliphatic rings. The van der Waals surface area contributed by atoms with Gasteiger partial charge in [0.25, 0.3) is 0 Å². The molecule has 1 atom stereocenters. The van der Waals surface area contributed by atoms with E-state index in [9.17, 15) is 0 Å². The van der Waals surface area contributed by atoms with Gasteiger partial charge in [0, 0.05) is 36.0 Å². The molecule has 21 heavy (non-hydrogen) atoms.